The predicted molar refractivity (Wildman–Crippen MR) is 105 cm³/mol. The second-order valence-electron chi connectivity index (χ2n) is 7.32. The first-order valence-corrected chi connectivity index (χ1v) is 9.82. The molecule has 0 aliphatic carbocycles. The van der Waals surface area contributed by atoms with Crippen molar-refractivity contribution >= 4 is 17.8 Å². The molecule has 1 heterocycles. The largest absolute Gasteiger partial charge is 0.340 e. The molecule has 0 spiro atoms. The van der Waals surface area contributed by atoms with Crippen LogP contribution in [0.15, 0.2) is 24.3 Å². The minimum absolute atomic E-state index is 0.219. The van der Waals surface area contributed by atoms with Crippen LogP contribution in [0.4, 0.5) is 4.79 Å². The summed E-state index contributed by atoms with van der Waals surface area (Å²) >= 11 is 0. The van der Waals surface area contributed by atoms with Crippen LogP contribution in [0.3, 0.4) is 0 Å². The van der Waals surface area contributed by atoms with Crippen LogP contribution in [0.25, 0.3) is 0 Å². The van der Waals surface area contributed by atoms with Crippen molar-refractivity contribution in [2.24, 2.45) is 0 Å². The van der Waals surface area contributed by atoms with Crippen molar-refractivity contribution in [3.8, 4) is 0 Å². The zero-order chi connectivity index (χ0) is 20.0. The summed E-state index contributed by atoms with van der Waals surface area (Å²) in [5.74, 6) is -0.521. The molecular formula is C21H31N3O3. The third-order valence-electron chi connectivity index (χ3n) is 5.17. The molecule has 2 rings (SSSR count). The summed E-state index contributed by atoms with van der Waals surface area (Å²) in [6.45, 7) is 6.30. The van der Waals surface area contributed by atoms with Gasteiger partial charge in [-0.25, -0.2) is 4.79 Å². The Bertz CT molecular complexity index is 678. The number of amides is 4. The Labute approximate surface area is 161 Å². The van der Waals surface area contributed by atoms with Gasteiger partial charge in [0.1, 0.15) is 12.1 Å². The number of carbonyl (C=O) groups is 3. The Morgan fingerprint density at radius 1 is 1.04 bits per heavy atom. The molecule has 148 valence electrons. The lowest BCUT2D eigenvalue weighted by molar-refractivity contribution is -0.138. The summed E-state index contributed by atoms with van der Waals surface area (Å²) in [4.78, 5) is 40.5. The van der Waals surface area contributed by atoms with E-state index < -0.39 is 11.6 Å². The standard InChI is InChI=1S/C21H31N3O3/c1-5-12-21(13-6-2)19(26)24(20(27)22-21)15-18(25)23(4)14-17-10-8-16(7-3)9-11-17/h8-11H,5-7,12-15H2,1-4H3,(H,22,27). The van der Waals surface area contributed by atoms with Crippen molar-refractivity contribution in [1.82, 2.24) is 15.1 Å². The summed E-state index contributed by atoms with van der Waals surface area (Å²) in [6.07, 6.45) is 3.74. The number of imide groups is 1. The van der Waals surface area contributed by atoms with Gasteiger partial charge in [-0.3, -0.25) is 14.5 Å². The second-order valence-corrected chi connectivity index (χ2v) is 7.32. The van der Waals surface area contributed by atoms with E-state index in [0.29, 0.717) is 19.4 Å². The average Bonchev–Trinajstić information content (AvgIpc) is 2.87. The Kier molecular flexibility index (Phi) is 6.99. The van der Waals surface area contributed by atoms with Crippen molar-refractivity contribution in [2.75, 3.05) is 13.6 Å². The summed E-state index contributed by atoms with van der Waals surface area (Å²) in [7, 11) is 1.69. The molecule has 6 heteroatoms. The fourth-order valence-corrected chi connectivity index (χ4v) is 3.64. The highest BCUT2D eigenvalue weighted by Gasteiger charge is 2.50. The van der Waals surface area contributed by atoms with Gasteiger partial charge in [-0.15, -0.1) is 0 Å². The number of nitrogens with one attached hydrogen (secondary N) is 1. The van der Waals surface area contributed by atoms with Crippen LogP contribution in [0.2, 0.25) is 0 Å². The van der Waals surface area contributed by atoms with E-state index in [0.717, 1.165) is 29.7 Å². The summed E-state index contributed by atoms with van der Waals surface area (Å²) in [5.41, 5.74) is 1.41. The maximum absolute atomic E-state index is 12.9. The molecule has 6 nitrogen and oxygen atoms in total. The van der Waals surface area contributed by atoms with E-state index >= 15 is 0 Å². The monoisotopic (exact) mass is 373 g/mol. The van der Waals surface area contributed by atoms with Gasteiger partial charge in [0.2, 0.25) is 5.91 Å². The first-order valence-electron chi connectivity index (χ1n) is 9.82. The van der Waals surface area contributed by atoms with E-state index in [4.69, 9.17) is 0 Å². The van der Waals surface area contributed by atoms with Crippen LogP contribution in [0.5, 0.6) is 0 Å². The number of carbonyl (C=O) groups excluding carboxylic acids is 3. The summed E-state index contributed by atoms with van der Waals surface area (Å²) < 4.78 is 0. The Balaban J connectivity index is 2.02. The van der Waals surface area contributed by atoms with Gasteiger partial charge in [-0.2, -0.15) is 0 Å². The number of aryl methyl sites for hydroxylation is 1. The van der Waals surface area contributed by atoms with Gasteiger partial charge in [0, 0.05) is 13.6 Å². The average molecular weight is 373 g/mol. The molecule has 1 aromatic rings. The summed E-state index contributed by atoms with van der Waals surface area (Å²) in [6, 6.07) is 7.65. The molecule has 0 unspecified atom stereocenters. The molecule has 0 radical (unpaired) electrons. The van der Waals surface area contributed by atoms with Gasteiger partial charge in [0.05, 0.1) is 0 Å². The molecule has 0 bridgehead atoms. The van der Waals surface area contributed by atoms with Crippen LogP contribution in [0, 0.1) is 0 Å². The predicted octanol–water partition coefficient (Wildman–Crippen LogP) is 3.10. The molecular weight excluding hydrogens is 342 g/mol. The molecule has 0 atom stereocenters. The molecule has 1 aliphatic heterocycles. The van der Waals surface area contributed by atoms with Crippen LogP contribution < -0.4 is 5.32 Å². The second kappa shape index (κ2) is 9.02. The molecule has 1 fully saturated rings. The van der Waals surface area contributed by atoms with Gasteiger partial charge in [0.25, 0.3) is 5.91 Å². The van der Waals surface area contributed by atoms with E-state index in [1.54, 1.807) is 11.9 Å². The molecule has 27 heavy (non-hydrogen) atoms. The Hall–Kier alpha value is -2.37. The quantitative estimate of drug-likeness (QED) is 0.676. The number of nitrogens with zero attached hydrogens (tertiary/aromatic N) is 2. The third-order valence-corrected chi connectivity index (χ3v) is 5.17. The number of likely N-dealkylation sites (N-methyl/N-ethyl adjacent to an activating group) is 1. The maximum atomic E-state index is 12.9. The summed E-state index contributed by atoms with van der Waals surface area (Å²) in [5, 5.41) is 2.84. The highest BCUT2D eigenvalue weighted by molar-refractivity contribution is 6.09. The number of rotatable bonds is 9. The van der Waals surface area contributed by atoms with E-state index in [-0.39, 0.29) is 18.4 Å². The number of hydrogen-bond acceptors (Lipinski definition) is 3. The van der Waals surface area contributed by atoms with Gasteiger partial charge >= 0.3 is 6.03 Å². The molecule has 1 saturated heterocycles. The lowest BCUT2D eigenvalue weighted by atomic mass is 9.88. The molecule has 1 N–H and O–H groups in total. The Morgan fingerprint density at radius 2 is 1.59 bits per heavy atom. The van der Waals surface area contributed by atoms with Crippen molar-refractivity contribution < 1.29 is 14.4 Å². The highest BCUT2D eigenvalue weighted by atomic mass is 16.2. The third kappa shape index (κ3) is 4.67. The number of hydrogen-bond donors (Lipinski definition) is 1. The van der Waals surface area contributed by atoms with E-state index in [2.05, 4.69) is 24.4 Å². The molecule has 1 aliphatic rings. The molecule has 0 aromatic heterocycles. The number of urea groups is 1. The van der Waals surface area contributed by atoms with Gasteiger partial charge < -0.3 is 10.2 Å². The van der Waals surface area contributed by atoms with Crippen LogP contribution in [-0.2, 0) is 22.6 Å². The first kappa shape index (κ1) is 20.9. The highest BCUT2D eigenvalue weighted by Crippen LogP contribution is 2.28. The zero-order valence-electron chi connectivity index (χ0n) is 16.9. The minimum Gasteiger partial charge on any atom is -0.340 e. The minimum atomic E-state index is -0.852. The van der Waals surface area contributed by atoms with Gasteiger partial charge in [-0.1, -0.05) is 57.9 Å². The topological polar surface area (TPSA) is 69.7 Å². The van der Waals surface area contributed by atoms with Crippen LogP contribution >= 0.6 is 0 Å². The van der Waals surface area contributed by atoms with E-state index in [1.807, 2.05) is 26.0 Å². The molecule has 4 amide bonds. The molecule has 0 saturated carbocycles. The fourth-order valence-electron chi connectivity index (χ4n) is 3.64. The van der Waals surface area contributed by atoms with Crippen LogP contribution in [-0.4, -0.2) is 46.8 Å². The van der Waals surface area contributed by atoms with Crippen molar-refractivity contribution in [3.05, 3.63) is 35.4 Å². The van der Waals surface area contributed by atoms with E-state index in [1.165, 1.54) is 5.56 Å². The van der Waals surface area contributed by atoms with Gasteiger partial charge in [-0.05, 0) is 30.4 Å². The van der Waals surface area contributed by atoms with Crippen LogP contribution in [0.1, 0.15) is 57.6 Å². The maximum Gasteiger partial charge on any atom is 0.325 e. The normalized spacial score (nSPS) is 15.8. The Morgan fingerprint density at radius 3 is 2.11 bits per heavy atom. The number of benzene rings is 1. The van der Waals surface area contributed by atoms with Crippen molar-refractivity contribution in [3.63, 3.8) is 0 Å². The molecule has 1 aromatic carbocycles. The SMILES string of the molecule is CCCC1(CCC)NC(=O)N(CC(=O)N(C)Cc2ccc(CC)cc2)C1=O. The van der Waals surface area contributed by atoms with Crippen molar-refractivity contribution in [2.45, 2.75) is 65.0 Å². The first-order chi connectivity index (χ1) is 12.9. The zero-order valence-corrected chi connectivity index (χ0v) is 16.9. The van der Waals surface area contributed by atoms with Gasteiger partial charge in [0.15, 0.2) is 0 Å². The lowest BCUT2D eigenvalue weighted by Crippen LogP contribution is -2.47. The van der Waals surface area contributed by atoms with Crippen molar-refractivity contribution in [1.29, 1.82) is 0 Å². The smallest absolute Gasteiger partial charge is 0.325 e. The lowest BCUT2D eigenvalue weighted by Gasteiger charge is -2.26. The fraction of sp³-hybridized carbons (Fsp3) is 0.571. The van der Waals surface area contributed by atoms with E-state index in [9.17, 15) is 14.4 Å².